The lowest BCUT2D eigenvalue weighted by Crippen LogP contribution is -2.46. The van der Waals surface area contributed by atoms with Crippen LogP contribution in [0.5, 0.6) is 0 Å². The summed E-state index contributed by atoms with van der Waals surface area (Å²) in [7, 11) is 0. The Morgan fingerprint density at radius 2 is 1.86 bits per heavy atom. The van der Waals surface area contributed by atoms with Gasteiger partial charge in [0.15, 0.2) is 0 Å². The van der Waals surface area contributed by atoms with E-state index < -0.39 is 5.41 Å². The molecule has 1 fully saturated rings. The monoisotopic (exact) mass is 321 g/mol. The molecule has 1 N–H and O–H groups in total. The first kappa shape index (κ1) is 14.3. The maximum absolute atomic E-state index is 12.6. The highest BCUT2D eigenvalue weighted by Gasteiger charge is 2.46. The fourth-order valence-corrected chi connectivity index (χ4v) is 2.85. The van der Waals surface area contributed by atoms with Crippen LogP contribution in [0.25, 0.3) is 0 Å². The lowest BCUT2D eigenvalue weighted by molar-refractivity contribution is -0.124. The molecule has 4 nitrogen and oxygen atoms in total. The number of carbonyl (C=O) groups is 1. The lowest BCUT2D eigenvalue weighted by Gasteiger charge is -2.40. The molecular weight excluding hydrogens is 309 g/mol. The first-order valence-corrected chi connectivity index (χ1v) is 7.41. The summed E-state index contributed by atoms with van der Waals surface area (Å²) >= 11 is 12.0. The third kappa shape index (κ3) is 2.61. The van der Waals surface area contributed by atoms with Gasteiger partial charge in [0.05, 0.1) is 15.5 Å². The van der Waals surface area contributed by atoms with E-state index in [0.717, 1.165) is 24.8 Å². The van der Waals surface area contributed by atoms with Crippen LogP contribution in [0.15, 0.2) is 36.7 Å². The van der Waals surface area contributed by atoms with Crippen molar-refractivity contribution in [2.45, 2.75) is 24.7 Å². The molecule has 1 heterocycles. The molecule has 1 saturated carbocycles. The Balaban J connectivity index is 1.89. The Kier molecular flexibility index (Phi) is 3.83. The second-order valence-corrected chi connectivity index (χ2v) is 5.91. The van der Waals surface area contributed by atoms with E-state index in [1.807, 2.05) is 6.07 Å². The molecule has 0 atom stereocenters. The molecule has 21 heavy (non-hydrogen) atoms. The summed E-state index contributed by atoms with van der Waals surface area (Å²) < 4.78 is 0. The Morgan fingerprint density at radius 1 is 1.14 bits per heavy atom. The van der Waals surface area contributed by atoms with E-state index in [4.69, 9.17) is 23.2 Å². The van der Waals surface area contributed by atoms with Crippen molar-refractivity contribution in [3.8, 4) is 0 Å². The van der Waals surface area contributed by atoms with E-state index in [-0.39, 0.29) is 5.91 Å². The smallest absolute Gasteiger partial charge is 0.237 e. The molecule has 0 bridgehead atoms. The Labute approximate surface area is 132 Å². The van der Waals surface area contributed by atoms with Crippen molar-refractivity contribution in [3.63, 3.8) is 0 Å². The van der Waals surface area contributed by atoms with Crippen LogP contribution >= 0.6 is 23.2 Å². The van der Waals surface area contributed by atoms with E-state index in [2.05, 4.69) is 15.3 Å². The number of amides is 1. The van der Waals surface area contributed by atoms with E-state index in [9.17, 15) is 4.79 Å². The summed E-state index contributed by atoms with van der Waals surface area (Å²) in [6.45, 7) is 0. The topological polar surface area (TPSA) is 54.9 Å². The molecule has 6 heteroatoms. The fraction of sp³-hybridized carbons (Fsp3) is 0.267. The van der Waals surface area contributed by atoms with E-state index >= 15 is 0 Å². The van der Waals surface area contributed by atoms with Gasteiger partial charge in [-0.3, -0.25) is 10.1 Å². The van der Waals surface area contributed by atoms with Crippen molar-refractivity contribution < 1.29 is 4.79 Å². The molecule has 108 valence electrons. The van der Waals surface area contributed by atoms with E-state index in [0.29, 0.717) is 16.0 Å². The normalized spacial score (nSPS) is 16.1. The van der Waals surface area contributed by atoms with Gasteiger partial charge >= 0.3 is 0 Å². The van der Waals surface area contributed by atoms with Gasteiger partial charge in [0.25, 0.3) is 0 Å². The first-order chi connectivity index (χ1) is 10.1. The van der Waals surface area contributed by atoms with Crippen LogP contribution in [0.3, 0.4) is 0 Å². The highest BCUT2D eigenvalue weighted by molar-refractivity contribution is 6.42. The fourth-order valence-electron chi connectivity index (χ4n) is 2.56. The van der Waals surface area contributed by atoms with Crippen molar-refractivity contribution >= 4 is 35.1 Å². The number of nitrogens with zero attached hydrogens (tertiary/aromatic N) is 2. The lowest BCUT2D eigenvalue weighted by atomic mass is 9.64. The number of hydrogen-bond donors (Lipinski definition) is 1. The zero-order valence-electron chi connectivity index (χ0n) is 11.1. The van der Waals surface area contributed by atoms with Gasteiger partial charge in [0, 0.05) is 12.4 Å². The second-order valence-electron chi connectivity index (χ2n) is 5.09. The van der Waals surface area contributed by atoms with Gasteiger partial charge in [0.1, 0.15) is 0 Å². The summed E-state index contributed by atoms with van der Waals surface area (Å²) in [5.74, 6) is 0.215. The maximum Gasteiger partial charge on any atom is 0.237 e. The third-order valence-corrected chi connectivity index (χ3v) is 4.64. The largest absolute Gasteiger partial charge is 0.294 e. The molecule has 1 aromatic carbocycles. The summed E-state index contributed by atoms with van der Waals surface area (Å²) in [6, 6.07) is 7.06. The number of rotatable bonds is 3. The van der Waals surface area contributed by atoms with Crippen LogP contribution in [-0.2, 0) is 10.2 Å². The Bertz CT molecular complexity index is 672. The van der Waals surface area contributed by atoms with E-state index in [1.165, 1.54) is 0 Å². The standard InChI is InChI=1S/C15H13Cl2N3O/c16-11-4-3-10(9-12(11)17)15(5-1-6-15)13(21)20-14-18-7-2-8-19-14/h2-4,7-9H,1,5-6H2,(H,18,19,20,21). The number of carbonyl (C=O) groups excluding carboxylic acids is 1. The van der Waals surface area contributed by atoms with Crippen LogP contribution in [0.4, 0.5) is 5.95 Å². The Hall–Kier alpha value is -1.65. The number of benzene rings is 1. The van der Waals surface area contributed by atoms with Crippen LogP contribution in [0.1, 0.15) is 24.8 Å². The van der Waals surface area contributed by atoms with Crippen LogP contribution in [0, 0.1) is 0 Å². The first-order valence-electron chi connectivity index (χ1n) is 6.66. The molecule has 0 spiro atoms. The molecular formula is C15H13Cl2N3O. The number of halogens is 2. The predicted octanol–water partition coefficient (Wildman–Crippen LogP) is 3.84. The summed E-state index contributed by atoms with van der Waals surface area (Å²) in [4.78, 5) is 20.7. The van der Waals surface area contributed by atoms with Crippen molar-refractivity contribution in [1.82, 2.24) is 9.97 Å². The van der Waals surface area contributed by atoms with Crippen molar-refractivity contribution in [1.29, 1.82) is 0 Å². The number of hydrogen-bond acceptors (Lipinski definition) is 3. The molecule has 0 saturated heterocycles. The van der Waals surface area contributed by atoms with Crippen molar-refractivity contribution in [2.24, 2.45) is 0 Å². The van der Waals surface area contributed by atoms with Gasteiger partial charge in [0.2, 0.25) is 11.9 Å². The minimum atomic E-state index is -0.562. The second kappa shape index (κ2) is 5.62. The molecule has 0 radical (unpaired) electrons. The van der Waals surface area contributed by atoms with Crippen LogP contribution in [0.2, 0.25) is 10.0 Å². The van der Waals surface area contributed by atoms with Crippen molar-refractivity contribution in [3.05, 3.63) is 52.3 Å². The zero-order valence-corrected chi connectivity index (χ0v) is 12.7. The van der Waals surface area contributed by atoms with Gasteiger partial charge in [-0.05, 0) is 36.6 Å². The number of nitrogens with one attached hydrogen (secondary N) is 1. The maximum atomic E-state index is 12.6. The minimum Gasteiger partial charge on any atom is -0.294 e. The van der Waals surface area contributed by atoms with Gasteiger partial charge in [-0.1, -0.05) is 35.7 Å². The molecule has 2 aromatic rings. The molecule has 3 rings (SSSR count). The molecule has 1 amide bonds. The quantitative estimate of drug-likeness (QED) is 0.934. The number of anilines is 1. The average Bonchev–Trinajstić information content (AvgIpc) is 2.42. The molecule has 1 aromatic heterocycles. The van der Waals surface area contributed by atoms with Gasteiger partial charge in [-0.25, -0.2) is 9.97 Å². The summed E-state index contributed by atoms with van der Waals surface area (Å²) in [6.07, 6.45) is 5.75. The highest BCUT2D eigenvalue weighted by atomic mass is 35.5. The average molecular weight is 322 g/mol. The number of aromatic nitrogens is 2. The minimum absolute atomic E-state index is 0.0988. The highest BCUT2D eigenvalue weighted by Crippen LogP contribution is 2.45. The Morgan fingerprint density at radius 3 is 2.43 bits per heavy atom. The zero-order chi connectivity index (χ0) is 14.9. The van der Waals surface area contributed by atoms with Crippen LogP contribution in [-0.4, -0.2) is 15.9 Å². The summed E-state index contributed by atoms with van der Waals surface area (Å²) in [5, 5.41) is 3.73. The molecule has 1 aliphatic carbocycles. The van der Waals surface area contributed by atoms with Gasteiger partial charge in [-0.15, -0.1) is 0 Å². The molecule has 0 unspecified atom stereocenters. The van der Waals surface area contributed by atoms with Crippen LogP contribution < -0.4 is 5.32 Å². The molecule has 1 aliphatic rings. The van der Waals surface area contributed by atoms with Gasteiger partial charge < -0.3 is 0 Å². The van der Waals surface area contributed by atoms with Gasteiger partial charge in [-0.2, -0.15) is 0 Å². The van der Waals surface area contributed by atoms with E-state index in [1.54, 1.807) is 30.6 Å². The SMILES string of the molecule is O=C(Nc1ncccn1)C1(c2ccc(Cl)c(Cl)c2)CCC1. The summed E-state index contributed by atoms with van der Waals surface area (Å²) in [5.41, 5.74) is 0.324. The molecule has 0 aliphatic heterocycles. The van der Waals surface area contributed by atoms with Crippen molar-refractivity contribution in [2.75, 3.05) is 5.32 Å². The predicted molar refractivity (Wildman–Crippen MR) is 82.7 cm³/mol. The third-order valence-electron chi connectivity index (χ3n) is 3.91.